The summed E-state index contributed by atoms with van der Waals surface area (Å²) in [4.78, 5) is 40.3. The molecule has 1 aromatic carbocycles. The summed E-state index contributed by atoms with van der Waals surface area (Å²) in [7, 11) is 3.43. The fourth-order valence-corrected chi connectivity index (χ4v) is 4.26. The highest BCUT2D eigenvalue weighted by Gasteiger charge is 2.41. The zero-order chi connectivity index (χ0) is 27.0. The molecule has 0 bridgehead atoms. The van der Waals surface area contributed by atoms with Gasteiger partial charge in [0.25, 0.3) is 0 Å². The normalized spacial score (nSPS) is 15.2. The van der Waals surface area contributed by atoms with Crippen LogP contribution in [0.5, 0.6) is 0 Å². The van der Waals surface area contributed by atoms with Crippen LogP contribution in [0, 0.1) is 5.41 Å². The molecule has 0 saturated heterocycles. The van der Waals surface area contributed by atoms with Gasteiger partial charge in [-0.05, 0) is 31.4 Å². The molecule has 0 heterocycles. The van der Waals surface area contributed by atoms with Gasteiger partial charge in [-0.2, -0.15) is 0 Å². The Labute approximate surface area is 211 Å². The number of amides is 2. The highest BCUT2D eigenvalue weighted by atomic mass is 16.4. The highest BCUT2D eigenvalue weighted by molar-refractivity contribution is 5.91. The number of nitrogens with zero attached hydrogens (tertiary/aromatic N) is 1. The van der Waals surface area contributed by atoms with Gasteiger partial charge in [-0.1, -0.05) is 90.8 Å². The summed E-state index contributed by atoms with van der Waals surface area (Å²) < 4.78 is 0. The third-order valence-electron chi connectivity index (χ3n) is 6.67. The fraction of sp³-hybridized carbons (Fsp3) is 0.607. The second-order valence-corrected chi connectivity index (χ2v) is 10.9. The van der Waals surface area contributed by atoms with E-state index in [1.807, 2.05) is 65.0 Å². The lowest BCUT2D eigenvalue weighted by Gasteiger charge is -2.39. The SMILES string of the molecule is CCCC[C@@H](C=C(C)C(=O)O)N(C)C(=O)[C@@H](NC(=O)[C@@H](NC)C(C)(C)c1ccccc1)C(C)(C)C. The molecule has 35 heavy (non-hydrogen) atoms. The average Bonchev–Trinajstić information content (AvgIpc) is 2.79. The van der Waals surface area contributed by atoms with Crippen LogP contribution in [0.2, 0.25) is 0 Å². The van der Waals surface area contributed by atoms with Crippen molar-refractivity contribution in [2.24, 2.45) is 5.41 Å². The molecule has 1 rings (SSSR count). The van der Waals surface area contributed by atoms with Crippen LogP contribution in [0.1, 0.15) is 73.3 Å². The van der Waals surface area contributed by atoms with Crippen LogP contribution in [-0.2, 0) is 19.8 Å². The van der Waals surface area contributed by atoms with Crippen LogP contribution in [0.15, 0.2) is 42.0 Å². The lowest BCUT2D eigenvalue weighted by atomic mass is 9.76. The maximum absolute atomic E-state index is 13.7. The van der Waals surface area contributed by atoms with Crippen LogP contribution < -0.4 is 10.6 Å². The van der Waals surface area contributed by atoms with E-state index in [1.54, 1.807) is 25.1 Å². The van der Waals surface area contributed by atoms with Crippen molar-refractivity contribution in [1.82, 2.24) is 15.5 Å². The molecule has 1 aromatic rings. The van der Waals surface area contributed by atoms with Crippen molar-refractivity contribution in [1.29, 1.82) is 0 Å². The van der Waals surface area contributed by atoms with E-state index in [0.29, 0.717) is 6.42 Å². The van der Waals surface area contributed by atoms with Gasteiger partial charge < -0.3 is 20.6 Å². The van der Waals surface area contributed by atoms with E-state index >= 15 is 0 Å². The monoisotopic (exact) mass is 487 g/mol. The second kappa shape index (κ2) is 12.9. The minimum atomic E-state index is -1.01. The van der Waals surface area contributed by atoms with E-state index in [-0.39, 0.29) is 23.4 Å². The summed E-state index contributed by atoms with van der Waals surface area (Å²) in [5.41, 5.74) is 0.126. The van der Waals surface area contributed by atoms with Crippen molar-refractivity contribution < 1.29 is 19.5 Å². The smallest absolute Gasteiger partial charge is 0.331 e. The minimum absolute atomic E-state index is 0.196. The quantitative estimate of drug-likeness (QED) is 0.385. The molecular formula is C28H45N3O4. The summed E-state index contributed by atoms with van der Waals surface area (Å²) in [6, 6.07) is 8.08. The van der Waals surface area contributed by atoms with Gasteiger partial charge in [-0.3, -0.25) is 9.59 Å². The molecule has 0 saturated carbocycles. The van der Waals surface area contributed by atoms with Crippen molar-refractivity contribution in [2.75, 3.05) is 14.1 Å². The van der Waals surface area contributed by atoms with E-state index < -0.39 is 28.9 Å². The van der Waals surface area contributed by atoms with Gasteiger partial charge in [0.1, 0.15) is 6.04 Å². The van der Waals surface area contributed by atoms with Gasteiger partial charge in [0.05, 0.1) is 12.1 Å². The van der Waals surface area contributed by atoms with E-state index in [1.165, 1.54) is 6.92 Å². The first-order valence-corrected chi connectivity index (χ1v) is 12.4. The van der Waals surface area contributed by atoms with Crippen LogP contribution >= 0.6 is 0 Å². The van der Waals surface area contributed by atoms with Crippen LogP contribution in [0.4, 0.5) is 0 Å². The molecule has 0 unspecified atom stereocenters. The molecule has 0 aliphatic carbocycles. The van der Waals surface area contributed by atoms with Gasteiger partial charge in [-0.15, -0.1) is 0 Å². The Morgan fingerprint density at radius 2 is 1.63 bits per heavy atom. The summed E-state index contributed by atoms with van der Waals surface area (Å²) in [6.07, 6.45) is 4.06. The van der Waals surface area contributed by atoms with E-state index in [2.05, 4.69) is 17.6 Å². The molecular weight excluding hydrogens is 442 g/mol. The number of carboxylic acids is 1. The molecule has 0 aliphatic rings. The molecule has 0 fully saturated rings. The zero-order valence-electron chi connectivity index (χ0n) is 22.9. The van der Waals surface area contributed by atoms with Gasteiger partial charge in [0.15, 0.2) is 0 Å². The Balaban J connectivity index is 3.27. The molecule has 196 valence electrons. The number of carboxylic acid groups (broad SMARTS) is 1. The van der Waals surface area contributed by atoms with Gasteiger partial charge >= 0.3 is 5.97 Å². The largest absolute Gasteiger partial charge is 0.478 e. The summed E-state index contributed by atoms with van der Waals surface area (Å²) >= 11 is 0. The van der Waals surface area contributed by atoms with Crippen LogP contribution in [-0.4, -0.2) is 60.0 Å². The molecule has 0 spiro atoms. The summed E-state index contributed by atoms with van der Waals surface area (Å²) in [6.45, 7) is 13.3. The number of aliphatic carboxylic acids is 1. The van der Waals surface area contributed by atoms with Crippen molar-refractivity contribution in [3.05, 3.63) is 47.5 Å². The number of carbonyl (C=O) groups is 3. The summed E-state index contributed by atoms with van der Waals surface area (Å²) in [5.74, 6) is -1.51. The number of unbranched alkanes of at least 4 members (excludes halogenated alkanes) is 1. The number of rotatable bonds is 12. The molecule has 0 aromatic heterocycles. The second-order valence-electron chi connectivity index (χ2n) is 10.9. The third kappa shape index (κ3) is 8.20. The fourth-order valence-electron chi connectivity index (χ4n) is 4.26. The molecule has 0 radical (unpaired) electrons. The number of carbonyl (C=O) groups excluding carboxylic acids is 2. The lowest BCUT2D eigenvalue weighted by Crippen LogP contribution is -2.61. The van der Waals surface area contributed by atoms with Gasteiger partial charge in [0, 0.05) is 18.0 Å². The molecule has 0 aliphatic heterocycles. The average molecular weight is 488 g/mol. The molecule has 2 amide bonds. The maximum Gasteiger partial charge on any atom is 0.331 e. The first-order chi connectivity index (χ1) is 16.2. The first kappa shape index (κ1) is 30.4. The van der Waals surface area contributed by atoms with Gasteiger partial charge in [0.2, 0.25) is 11.8 Å². The molecule has 7 nitrogen and oxygen atoms in total. The maximum atomic E-state index is 13.7. The molecule has 7 heteroatoms. The Bertz CT molecular complexity index is 887. The Hall–Kier alpha value is -2.67. The number of benzene rings is 1. The van der Waals surface area contributed by atoms with E-state index in [9.17, 15) is 19.5 Å². The minimum Gasteiger partial charge on any atom is -0.478 e. The van der Waals surface area contributed by atoms with E-state index in [0.717, 1.165) is 18.4 Å². The van der Waals surface area contributed by atoms with Crippen molar-refractivity contribution in [3.63, 3.8) is 0 Å². The number of nitrogens with one attached hydrogen (secondary N) is 2. The summed E-state index contributed by atoms with van der Waals surface area (Å²) in [5, 5.41) is 15.5. The predicted octanol–water partition coefficient (Wildman–Crippen LogP) is 4.13. The first-order valence-electron chi connectivity index (χ1n) is 12.4. The van der Waals surface area contributed by atoms with Crippen molar-refractivity contribution in [3.8, 4) is 0 Å². The van der Waals surface area contributed by atoms with Gasteiger partial charge in [-0.25, -0.2) is 4.79 Å². The highest BCUT2D eigenvalue weighted by Crippen LogP contribution is 2.29. The van der Waals surface area contributed by atoms with Crippen molar-refractivity contribution in [2.45, 2.75) is 91.3 Å². The Morgan fingerprint density at radius 1 is 1.06 bits per heavy atom. The predicted molar refractivity (Wildman–Crippen MR) is 141 cm³/mol. The van der Waals surface area contributed by atoms with Crippen molar-refractivity contribution >= 4 is 17.8 Å². The molecule has 3 atom stereocenters. The van der Waals surface area contributed by atoms with Crippen LogP contribution in [0.3, 0.4) is 0 Å². The third-order valence-corrected chi connectivity index (χ3v) is 6.67. The number of hydrogen-bond acceptors (Lipinski definition) is 4. The zero-order valence-corrected chi connectivity index (χ0v) is 22.9. The Kier molecular flexibility index (Phi) is 11.2. The Morgan fingerprint density at radius 3 is 2.09 bits per heavy atom. The van der Waals surface area contributed by atoms with Crippen LogP contribution in [0.25, 0.3) is 0 Å². The number of hydrogen-bond donors (Lipinski definition) is 3. The topological polar surface area (TPSA) is 98.7 Å². The number of likely N-dealkylation sites (N-methyl/N-ethyl adjacent to an activating group) is 2. The standard InChI is InChI=1S/C28H45N3O4/c1-10-11-17-21(18-19(2)26(34)35)31(9)25(33)23(27(3,4)5)30-24(32)22(29-8)28(6,7)20-15-13-12-14-16-20/h12-16,18,21-23,29H,10-11,17H2,1-9H3,(H,30,32)(H,34,35)/t21-,22+,23+/m0/s1. The molecule has 3 N–H and O–H groups in total. The van der Waals surface area contributed by atoms with E-state index in [4.69, 9.17) is 0 Å². The lowest BCUT2D eigenvalue weighted by molar-refractivity contribution is -0.140.